The van der Waals surface area contributed by atoms with Crippen LogP contribution in [0.15, 0.2) is 0 Å². The molecule has 0 aromatic carbocycles. The highest BCUT2D eigenvalue weighted by atomic mass is 16.8. The summed E-state index contributed by atoms with van der Waals surface area (Å²) in [5.41, 5.74) is 0. The average Bonchev–Trinajstić information content (AvgIpc) is 2.56. The lowest BCUT2D eigenvalue weighted by atomic mass is 9.80. The predicted octanol–water partition coefficient (Wildman–Crippen LogP) is 3.33. The zero-order chi connectivity index (χ0) is 12.4. The summed E-state index contributed by atoms with van der Waals surface area (Å²) < 4.78 is 17.8. The maximum Gasteiger partial charge on any atom is 0.164 e. The van der Waals surface area contributed by atoms with Crippen LogP contribution in [0.5, 0.6) is 0 Å². The van der Waals surface area contributed by atoms with Crippen molar-refractivity contribution in [3.05, 3.63) is 0 Å². The first-order valence-electron chi connectivity index (χ1n) is 7.04. The van der Waals surface area contributed by atoms with E-state index in [0.717, 1.165) is 0 Å². The number of ether oxygens (including phenoxy) is 3. The van der Waals surface area contributed by atoms with Crippen molar-refractivity contribution >= 4 is 0 Å². The molecule has 1 heterocycles. The first-order chi connectivity index (χ1) is 8.08. The fourth-order valence-corrected chi connectivity index (χ4v) is 3.00. The molecule has 17 heavy (non-hydrogen) atoms. The Morgan fingerprint density at radius 1 is 0.824 bits per heavy atom. The van der Waals surface area contributed by atoms with Gasteiger partial charge in [-0.25, -0.2) is 0 Å². The minimum atomic E-state index is -0.0518. The van der Waals surface area contributed by atoms with E-state index in [9.17, 15) is 0 Å². The summed E-state index contributed by atoms with van der Waals surface area (Å²) in [6.07, 6.45) is 5.39. The van der Waals surface area contributed by atoms with Crippen molar-refractivity contribution in [2.75, 3.05) is 0 Å². The van der Waals surface area contributed by atoms with Gasteiger partial charge in [-0.3, -0.25) is 0 Å². The molecule has 1 aliphatic carbocycles. The largest absolute Gasteiger partial charge is 0.350 e. The van der Waals surface area contributed by atoms with Gasteiger partial charge in [-0.05, 0) is 40.5 Å². The molecule has 3 heteroatoms. The highest BCUT2D eigenvalue weighted by molar-refractivity contribution is 4.86. The average molecular weight is 242 g/mol. The fourth-order valence-electron chi connectivity index (χ4n) is 3.00. The van der Waals surface area contributed by atoms with Gasteiger partial charge in [0.05, 0.1) is 12.2 Å². The minimum Gasteiger partial charge on any atom is -0.350 e. The van der Waals surface area contributed by atoms with Crippen LogP contribution in [0, 0.1) is 11.8 Å². The Hall–Kier alpha value is -0.120. The smallest absolute Gasteiger partial charge is 0.164 e. The maximum atomic E-state index is 5.99. The second-order valence-electron chi connectivity index (χ2n) is 5.85. The van der Waals surface area contributed by atoms with Crippen LogP contribution in [-0.2, 0) is 14.2 Å². The molecule has 100 valence electrons. The Kier molecular flexibility index (Phi) is 4.45. The molecule has 0 aromatic heterocycles. The molecule has 0 spiro atoms. The molecule has 0 radical (unpaired) electrons. The Balaban J connectivity index is 2.00. The van der Waals surface area contributed by atoms with Gasteiger partial charge in [-0.15, -0.1) is 0 Å². The van der Waals surface area contributed by atoms with Gasteiger partial charge in [-0.2, -0.15) is 0 Å². The van der Waals surface area contributed by atoms with Crippen LogP contribution >= 0.6 is 0 Å². The predicted molar refractivity (Wildman–Crippen MR) is 66.6 cm³/mol. The van der Waals surface area contributed by atoms with Gasteiger partial charge in [-0.1, -0.05) is 12.8 Å². The normalized spacial score (nSPS) is 37.8. The monoisotopic (exact) mass is 242 g/mol. The van der Waals surface area contributed by atoms with Crippen molar-refractivity contribution < 1.29 is 14.2 Å². The molecular formula is C14H26O3. The van der Waals surface area contributed by atoms with Crippen LogP contribution in [0.1, 0.15) is 53.4 Å². The third kappa shape index (κ3) is 3.21. The van der Waals surface area contributed by atoms with E-state index in [4.69, 9.17) is 14.2 Å². The van der Waals surface area contributed by atoms with E-state index < -0.39 is 0 Å². The van der Waals surface area contributed by atoms with Crippen molar-refractivity contribution in [2.24, 2.45) is 11.8 Å². The van der Waals surface area contributed by atoms with Gasteiger partial charge in [0.1, 0.15) is 0 Å². The van der Waals surface area contributed by atoms with Crippen molar-refractivity contribution in [3.63, 3.8) is 0 Å². The second kappa shape index (κ2) is 5.68. The lowest BCUT2D eigenvalue weighted by Crippen LogP contribution is -2.29. The molecule has 0 N–H and O–H groups in total. The van der Waals surface area contributed by atoms with Crippen molar-refractivity contribution in [2.45, 2.75) is 78.2 Å². The molecule has 3 unspecified atom stereocenters. The summed E-state index contributed by atoms with van der Waals surface area (Å²) in [5, 5.41) is 0. The number of hydrogen-bond acceptors (Lipinski definition) is 3. The van der Waals surface area contributed by atoms with Gasteiger partial charge in [0.25, 0.3) is 0 Å². The minimum absolute atomic E-state index is 0.0518. The molecule has 2 rings (SSSR count). The number of fused-ring (bicyclic) bond motifs is 1. The van der Waals surface area contributed by atoms with E-state index in [1.165, 1.54) is 25.7 Å². The van der Waals surface area contributed by atoms with E-state index in [2.05, 4.69) is 27.7 Å². The molecule has 1 saturated carbocycles. The first kappa shape index (κ1) is 13.3. The van der Waals surface area contributed by atoms with Gasteiger partial charge in [0.15, 0.2) is 12.6 Å². The number of hydrogen-bond donors (Lipinski definition) is 0. The molecule has 1 aliphatic heterocycles. The quantitative estimate of drug-likeness (QED) is 0.757. The maximum absolute atomic E-state index is 5.99. The summed E-state index contributed by atoms with van der Waals surface area (Å²) >= 11 is 0. The van der Waals surface area contributed by atoms with Crippen LogP contribution in [0.4, 0.5) is 0 Å². The summed E-state index contributed by atoms with van der Waals surface area (Å²) in [4.78, 5) is 0. The lowest BCUT2D eigenvalue weighted by molar-refractivity contribution is -0.234. The van der Waals surface area contributed by atoms with E-state index in [1.54, 1.807) is 0 Å². The van der Waals surface area contributed by atoms with Crippen molar-refractivity contribution in [3.8, 4) is 0 Å². The first-order valence-corrected chi connectivity index (χ1v) is 7.04. The summed E-state index contributed by atoms with van der Waals surface area (Å²) in [5.74, 6) is 1.07. The van der Waals surface area contributed by atoms with Crippen molar-refractivity contribution in [1.82, 2.24) is 0 Å². The molecule has 2 aliphatic rings. The van der Waals surface area contributed by atoms with Crippen LogP contribution < -0.4 is 0 Å². The summed E-state index contributed by atoms with van der Waals surface area (Å²) in [7, 11) is 0. The Morgan fingerprint density at radius 2 is 1.24 bits per heavy atom. The topological polar surface area (TPSA) is 27.7 Å². The molecular weight excluding hydrogens is 216 g/mol. The molecule has 0 bridgehead atoms. The molecule has 4 atom stereocenters. The Labute approximate surface area is 105 Å². The molecule has 1 saturated heterocycles. The second-order valence-corrected chi connectivity index (χ2v) is 5.85. The third-order valence-electron chi connectivity index (χ3n) is 3.65. The standard InChI is InChI=1S/C14H26O3/c1-9(2)15-13-11-7-5-6-8-12(11)14(17-13)16-10(3)4/h9-14H,5-8H2,1-4H3/t11-,12?,13?,14?/m0/s1. The van der Waals surface area contributed by atoms with Crippen LogP contribution in [-0.4, -0.2) is 24.8 Å². The highest BCUT2D eigenvalue weighted by Gasteiger charge is 2.47. The Bertz CT molecular complexity index is 216. The zero-order valence-electron chi connectivity index (χ0n) is 11.5. The van der Waals surface area contributed by atoms with Gasteiger partial charge < -0.3 is 14.2 Å². The van der Waals surface area contributed by atoms with E-state index >= 15 is 0 Å². The van der Waals surface area contributed by atoms with E-state index in [1.807, 2.05) is 0 Å². The van der Waals surface area contributed by atoms with E-state index in [-0.39, 0.29) is 24.8 Å². The Morgan fingerprint density at radius 3 is 1.59 bits per heavy atom. The highest BCUT2D eigenvalue weighted by Crippen LogP contribution is 2.44. The van der Waals surface area contributed by atoms with Gasteiger partial charge in [0.2, 0.25) is 0 Å². The summed E-state index contributed by atoms with van der Waals surface area (Å²) in [6, 6.07) is 0. The molecule has 2 fully saturated rings. The van der Waals surface area contributed by atoms with Crippen molar-refractivity contribution in [1.29, 1.82) is 0 Å². The molecule has 0 amide bonds. The number of rotatable bonds is 4. The van der Waals surface area contributed by atoms with Crippen LogP contribution in [0.2, 0.25) is 0 Å². The lowest BCUT2D eigenvalue weighted by Gasteiger charge is -2.29. The summed E-state index contributed by atoms with van der Waals surface area (Å²) in [6.45, 7) is 8.27. The SMILES string of the molecule is CC(C)OC1OC(OC(C)C)[C@H]2CCCCC12. The van der Waals surface area contributed by atoms with E-state index in [0.29, 0.717) is 11.8 Å². The van der Waals surface area contributed by atoms with Gasteiger partial charge >= 0.3 is 0 Å². The fraction of sp³-hybridized carbons (Fsp3) is 1.00. The van der Waals surface area contributed by atoms with Crippen LogP contribution in [0.25, 0.3) is 0 Å². The van der Waals surface area contributed by atoms with Crippen LogP contribution in [0.3, 0.4) is 0 Å². The molecule has 3 nitrogen and oxygen atoms in total. The molecule has 0 aromatic rings. The third-order valence-corrected chi connectivity index (χ3v) is 3.65. The zero-order valence-corrected chi connectivity index (χ0v) is 11.5. The van der Waals surface area contributed by atoms with Gasteiger partial charge in [0, 0.05) is 11.8 Å².